The molecule has 0 aliphatic rings. The highest BCUT2D eigenvalue weighted by atomic mass is 15.3. The zero-order chi connectivity index (χ0) is 9.52. The van der Waals surface area contributed by atoms with Crippen molar-refractivity contribution in [1.82, 2.24) is 10.2 Å². The van der Waals surface area contributed by atoms with E-state index in [9.17, 15) is 0 Å². The van der Waals surface area contributed by atoms with Crippen LogP contribution in [0.4, 0.5) is 5.82 Å². The molecule has 0 amide bonds. The predicted molar refractivity (Wildman–Crippen MR) is 53.6 cm³/mol. The summed E-state index contributed by atoms with van der Waals surface area (Å²) in [6.07, 6.45) is 2.77. The third-order valence-corrected chi connectivity index (χ3v) is 1.77. The van der Waals surface area contributed by atoms with Crippen LogP contribution in [0.3, 0.4) is 0 Å². The van der Waals surface area contributed by atoms with Crippen molar-refractivity contribution < 1.29 is 0 Å². The molecular formula is C9H16N4. The van der Waals surface area contributed by atoms with Gasteiger partial charge in [-0.2, -0.15) is 5.10 Å². The lowest BCUT2D eigenvalue weighted by Crippen LogP contribution is -2.30. The van der Waals surface area contributed by atoms with Gasteiger partial charge in [-0.1, -0.05) is 6.92 Å². The van der Waals surface area contributed by atoms with Gasteiger partial charge in [0.05, 0.1) is 0 Å². The molecule has 13 heavy (non-hydrogen) atoms. The normalized spacial score (nSPS) is 10.0. The average molecular weight is 180 g/mol. The van der Waals surface area contributed by atoms with Crippen molar-refractivity contribution in [3.63, 3.8) is 0 Å². The van der Waals surface area contributed by atoms with Crippen LogP contribution in [0.15, 0.2) is 18.3 Å². The second-order valence-corrected chi connectivity index (χ2v) is 2.86. The molecular weight excluding hydrogens is 164 g/mol. The van der Waals surface area contributed by atoms with E-state index in [1.807, 2.05) is 12.1 Å². The van der Waals surface area contributed by atoms with E-state index in [2.05, 4.69) is 22.0 Å². The van der Waals surface area contributed by atoms with E-state index >= 15 is 0 Å². The SMILES string of the molecule is CCCN(CCN)c1cccnn1. The lowest BCUT2D eigenvalue weighted by molar-refractivity contribution is 0.741. The van der Waals surface area contributed by atoms with Crippen molar-refractivity contribution in [1.29, 1.82) is 0 Å². The van der Waals surface area contributed by atoms with Crippen LogP contribution in [-0.2, 0) is 0 Å². The molecule has 0 saturated heterocycles. The fraction of sp³-hybridized carbons (Fsp3) is 0.556. The summed E-state index contributed by atoms with van der Waals surface area (Å²) in [6.45, 7) is 4.61. The Labute approximate surface area is 78.8 Å². The van der Waals surface area contributed by atoms with E-state index in [-0.39, 0.29) is 0 Å². The van der Waals surface area contributed by atoms with Gasteiger partial charge in [-0.3, -0.25) is 0 Å². The first kappa shape index (κ1) is 9.92. The molecule has 0 aromatic carbocycles. The number of hydrogen-bond donors (Lipinski definition) is 1. The van der Waals surface area contributed by atoms with Crippen LogP contribution >= 0.6 is 0 Å². The van der Waals surface area contributed by atoms with E-state index in [0.29, 0.717) is 6.54 Å². The fourth-order valence-electron chi connectivity index (χ4n) is 1.23. The summed E-state index contributed by atoms with van der Waals surface area (Å²) in [5, 5.41) is 7.87. The molecule has 0 spiro atoms. The predicted octanol–water partition coefficient (Wildman–Crippen LogP) is 0.652. The summed E-state index contributed by atoms with van der Waals surface area (Å²) in [6, 6.07) is 3.85. The largest absolute Gasteiger partial charge is 0.354 e. The Kier molecular flexibility index (Phi) is 4.18. The van der Waals surface area contributed by atoms with Gasteiger partial charge < -0.3 is 10.6 Å². The monoisotopic (exact) mass is 180 g/mol. The summed E-state index contributed by atoms with van der Waals surface area (Å²) >= 11 is 0. The molecule has 0 atom stereocenters. The molecule has 4 nitrogen and oxygen atoms in total. The van der Waals surface area contributed by atoms with Crippen molar-refractivity contribution in [2.45, 2.75) is 13.3 Å². The Bertz CT molecular complexity index is 218. The second kappa shape index (κ2) is 5.48. The Morgan fingerprint density at radius 1 is 1.46 bits per heavy atom. The van der Waals surface area contributed by atoms with E-state index in [0.717, 1.165) is 25.3 Å². The highest BCUT2D eigenvalue weighted by Gasteiger charge is 2.04. The summed E-state index contributed by atoms with van der Waals surface area (Å²) in [4.78, 5) is 2.15. The molecule has 0 fully saturated rings. The van der Waals surface area contributed by atoms with Crippen molar-refractivity contribution in [3.8, 4) is 0 Å². The summed E-state index contributed by atoms with van der Waals surface area (Å²) in [7, 11) is 0. The molecule has 72 valence electrons. The minimum atomic E-state index is 0.649. The van der Waals surface area contributed by atoms with Gasteiger partial charge >= 0.3 is 0 Å². The Hall–Kier alpha value is -1.16. The van der Waals surface area contributed by atoms with Crippen LogP contribution in [0.25, 0.3) is 0 Å². The highest BCUT2D eigenvalue weighted by Crippen LogP contribution is 2.07. The zero-order valence-electron chi connectivity index (χ0n) is 7.98. The van der Waals surface area contributed by atoms with Crippen LogP contribution in [-0.4, -0.2) is 29.8 Å². The van der Waals surface area contributed by atoms with E-state index < -0.39 is 0 Å². The first-order valence-electron chi connectivity index (χ1n) is 4.61. The van der Waals surface area contributed by atoms with Gasteiger partial charge in [0.1, 0.15) is 0 Å². The maximum Gasteiger partial charge on any atom is 0.151 e. The van der Waals surface area contributed by atoms with Crippen LogP contribution < -0.4 is 10.6 Å². The minimum Gasteiger partial charge on any atom is -0.354 e. The first-order valence-corrected chi connectivity index (χ1v) is 4.61. The molecule has 0 aliphatic carbocycles. The fourth-order valence-corrected chi connectivity index (χ4v) is 1.23. The molecule has 0 radical (unpaired) electrons. The van der Waals surface area contributed by atoms with Gasteiger partial charge in [-0.25, -0.2) is 0 Å². The average Bonchev–Trinajstić information content (AvgIpc) is 2.19. The van der Waals surface area contributed by atoms with Crippen LogP contribution in [0.1, 0.15) is 13.3 Å². The zero-order valence-corrected chi connectivity index (χ0v) is 7.98. The third kappa shape index (κ3) is 2.99. The number of nitrogens with two attached hydrogens (primary N) is 1. The number of nitrogens with zero attached hydrogens (tertiary/aromatic N) is 3. The topological polar surface area (TPSA) is 55.0 Å². The standard InChI is InChI=1S/C9H16N4/c1-2-7-13(8-5-10)9-4-3-6-11-12-9/h3-4,6H,2,5,7-8,10H2,1H3. The maximum absolute atomic E-state index is 5.51. The van der Waals surface area contributed by atoms with Crippen molar-refractivity contribution in [2.24, 2.45) is 5.73 Å². The molecule has 0 unspecified atom stereocenters. The molecule has 0 bridgehead atoms. The van der Waals surface area contributed by atoms with E-state index in [4.69, 9.17) is 5.73 Å². The maximum atomic E-state index is 5.51. The van der Waals surface area contributed by atoms with Crippen LogP contribution in [0, 0.1) is 0 Å². The van der Waals surface area contributed by atoms with Crippen molar-refractivity contribution >= 4 is 5.82 Å². The van der Waals surface area contributed by atoms with Crippen molar-refractivity contribution in [2.75, 3.05) is 24.5 Å². The quantitative estimate of drug-likeness (QED) is 0.723. The Morgan fingerprint density at radius 2 is 2.31 bits per heavy atom. The number of aromatic nitrogens is 2. The molecule has 1 rings (SSSR count). The van der Waals surface area contributed by atoms with E-state index in [1.54, 1.807) is 6.20 Å². The van der Waals surface area contributed by atoms with Gasteiger partial charge in [0.2, 0.25) is 0 Å². The second-order valence-electron chi connectivity index (χ2n) is 2.86. The smallest absolute Gasteiger partial charge is 0.151 e. The highest BCUT2D eigenvalue weighted by molar-refractivity contribution is 5.35. The summed E-state index contributed by atoms with van der Waals surface area (Å²) in [5.74, 6) is 0.912. The summed E-state index contributed by atoms with van der Waals surface area (Å²) in [5.41, 5.74) is 5.51. The lowest BCUT2D eigenvalue weighted by Gasteiger charge is -2.21. The van der Waals surface area contributed by atoms with Crippen LogP contribution in [0.2, 0.25) is 0 Å². The first-order chi connectivity index (χ1) is 6.38. The van der Waals surface area contributed by atoms with Gasteiger partial charge in [0, 0.05) is 25.8 Å². The number of hydrogen-bond acceptors (Lipinski definition) is 4. The number of rotatable bonds is 5. The molecule has 2 N–H and O–H groups in total. The molecule has 1 aromatic heterocycles. The molecule has 4 heteroatoms. The third-order valence-electron chi connectivity index (χ3n) is 1.77. The van der Waals surface area contributed by atoms with Gasteiger partial charge in [-0.05, 0) is 18.6 Å². The van der Waals surface area contributed by atoms with Gasteiger partial charge in [-0.15, -0.1) is 5.10 Å². The molecule has 1 aromatic rings. The molecule has 1 heterocycles. The number of anilines is 1. The van der Waals surface area contributed by atoms with Crippen LogP contribution in [0.5, 0.6) is 0 Å². The molecule has 0 aliphatic heterocycles. The Balaban J connectivity index is 2.64. The van der Waals surface area contributed by atoms with Gasteiger partial charge in [0.15, 0.2) is 5.82 Å². The van der Waals surface area contributed by atoms with E-state index in [1.165, 1.54) is 0 Å². The molecule has 0 saturated carbocycles. The minimum absolute atomic E-state index is 0.649. The van der Waals surface area contributed by atoms with Gasteiger partial charge in [0.25, 0.3) is 0 Å². The van der Waals surface area contributed by atoms with Crippen molar-refractivity contribution in [3.05, 3.63) is 18.3 Å². The lowest BCUT2D eigenvalue weighted by atomic mass is 10.4. The Morgan fingerprint density at radius 3 is 2.85 bits per heavy atom. The summed E-state index contributed by atoms with van der Waals surface area (Å²) < 4.78 is 0.